The average Bonchev–Trinajstić information content (AvgIpc) is 1.69. The molecule has 0 saturated heterocycles. The molecule has 0 saturated carbocycles. The van der Waals surface area contributed by atoms with E-state index in [0.717, 1.165) is 105 Å². The topological polar surface area (TPSA) is 39.4 Å². The first-order valence-corrected chi connectivity index (χ1v) is 47.7. The maximum Gasteiger partial charge on any atom is 0.143 e. The van der Waals surface area contributed by atoms with E-state index >= 15 is 0 Å². The zero-order chi connectivity index (χ0) is 127. The number of hydrogen-bond acceptors (Lipinski definition) is 3. The Morgan fingerprint density at radius 1 is 0.122 bits per heavy atom. The van der Waals surface area contributed by atoms with Crippen LogP contribution < -0.4 is 0 Å². The van der Waals surface area contributed by atoms with Crippen LogP contribution in [-0.4, -0.2) is 0 Å². The Morgan fingerprint density at radius 3 is 0.755 bits per heavy atom. The summed E-state index contributed by atoms with van der Waals surface area (Å²) in [5.74, 6) is 0. The van der Waals surface area contributed by atoms with Crippen molar-refractivity contribution in [1.82, 2.24) is 0 Å². The highest BCUT2D eigenvalue weighted by molar-refractivity contribution is 6.27. The molecule has 0 amide bonds. The molecule has 0 bridgehead atoms. The fourth-order valence-corrected chi connectivity index (χ4v) is 20.7. The molecule has 3 aromatic heterocycles. The quantitative estimate of drug-likeness (QED) is 0.102. The maximum absolute atomic E-state index is 9.41. The predicted octanol–water partition coefficient (Wildman–Crippen LogP) is 41.0. The summed E-state index contributed by atoms with van der Waals surface area (Å²) >= 11 is 0. The van der Waals surface area contributed by atoms with Gasteiger partial charge in [0.2, 0.25) is 0 Å². The number of fused-ring (bicyclic) bond motifs is 15. The van der Waals surface area contributed by atoms with Gasteiger partial charge < -0.3 is 13.3 Å². The smallest absolute Gasteiger partial charge is 0.143 e. The van der Waals surface area contributed by atoms with Crippen molar-refractivity contribution in [2.75, 3.05) is 0 Å². The standard InChI is InChI=1S/2C50H32O.C44H28O/c1-4-14-33(15-5-1)34-24-26-35(27-25-34)39-29-30-44-45-32-38(28-31-46(45)51-50(44)49(39)37-18-8-3-9-19-37)48-42-22-12-10-20-40(42)47(36-16-6-2-7-17-36)41-21-11-13-23-43(41)48;1-4-14-33(15-5-1)34-24-26-36(27-25-34)39-29-30-40(35-16-6-2-7-17-35)50-49(39)45-32-38(28-31-46(45)51-50)48-43-22-12-10-20-41(43)47(37-18-8-3-9-19-37)42-21-11-13-23-44(42)48;1-4-14-29(15-5-1)33-27-38(30-16-6-2-7-17-30)44-40(28-33)39-26-32(24-25-41(39)45-44)43-36-22-12-10-20-34(36)42(31-18-8-3-9-19-31)35-21-11-13-23-37(35)43/h2*1-32H;1-28H/i2D,6D,7D,10D,11D,12D,13D,16D,17D,20D,21D,22D,23D;3D,8D,9D,10D,11D,12D,13D,18D,19D,20D,21D,22D,23D;10D,11D,12D,13D,20D,21D,22D,23D. The van der Waals surface area contributed by atoms with Crippen LogP contribution in [0.3, 0.4) is 0 Å². The Bertz CT molecular complexity index is 12100. The Hall–Kier alpha value is -19.3. The fourth-order valence-electron chi connectivity index (χ4n) is 20.7. The lowest BCUT2D eigenvalue weighted by atomic mass is 9.85. The van der Waals surface area contributed by atoms with Crippen molar-refractivity contribution in [1.29, 1.82) is 0 Å². The van der Waals surface area contributed by atoms with Crippen molar-refractivity contribution in [3.05, 3.63) is 557 Å². The number of benzene rings is 26. The summed E-state index contributed by atoms with van der Waals surface area (Å²) in [5.41, 5.74) is 19.5. The Labute approximate surface area is 899 Å². The van der Waals surface area contributed by atoms with Crippen molar-refractivity contribution < 1.29 is 59.9 Å². The fraction of sp³-hybridized carbons (Fsp3) is 0. The lowest BCUT2D eigenvalue weighted by Crippen LogP contribution is -1.90. The molecule has 0 atom stereocenters. The summed E-state index contributed by atoms with van der Waals surface area (Å²) in [4.78, 5) is 0. The lowest BCUT2D eigenvalue weighted by Gasteiger charge is -2.17. The Morgan fingerprint density at radius 2 is 0.367 bits per heavy atom. The predicted molar refractivity (Wildman–Crippen MR) is 622 cm³/mol. The summed E-state index contributed by atoms with van der Waals surface area (Å²) < 4.78 is 323. The van der Waals surface area contributed by atoms with Crippen LogP contribution in [0.25, 0.3) is 286 Å². The minimum absolute atomic E-state index is 0.0457. The lowest BCUT2D eigenvalue weighted by molar-refractivity contribution is 0.669. The molecule has 0 N–H and O–H groups in total. The molecule has 0 aliphatic heterocycles. The first-order chi connectivity index (χ1) is 87.1. The molecule has 3 heterocycles. The first-order valence-electron chi connectivity index (χ1n) is 64.7. The van der Waals surface area contributed by atoms with Crippen LogP contribution in [0.4, 0.5) is 0 Å². The van der Waals surface area contributed by atoms with E-state index in [9.17, 15) is 16.4 Å². The Kier molecular flexibility index (Phi) is 14.8. The second kappa shape index (κ2) is 37.3. The molecule has 0 aliphatic carbocycles. The third-order valence-electron chi connectivity index (χ3n) is 27.3. The minimum atomic E-state index is -0.722. The summed E-state index contributed by atoms with van der Waals surface area (Å²) in [6.45, 7) is 0. The molecule has 686 valence electrons. The number of hydrogen-bond donors (Lipinski definition) is 0. The van der Waals surface area contributed by atoms with E-state index in [2.05, 4.69) is 60.7 Å². The maximum atomic E-state index is 9.41. The number of rotatable bonds is 14. The van der Waals surface area contributed by atoms with Crippen LogP contribution in [0.15, 0.2) is 571 Å². The van der Waals surface area contributed by atoms with E-state index in [1.165, 1.54) is 0 Å². The molecule has 26 aromatic carbocycles. The molecule has 29 rings (SSSR count). The molecular weight excluding hydrogens is 1780 g/mol. The highest BCUT2D eigenvalue weighted by Crippen LogP contribution is 2.53. The van der Waals surface area contributed by atoms with Crippen molar-refractivity contribution in [2.24, 2.45) is 0 Å². The summed E-state index contributed by atoms with van der Waals surface area (Å²) in [7, 11) is 0. The van der Waals surface area contributed by atoms with Gasteiger partial charge in [-0.2, -0.15) is 0 Å². The molecule has 0 spiro atoms. The van der Waals surface area contributed by atoms with E-state index in [-0.39, 0.29) is 111 Å². The van der Waals surface area contributed by atoms with Crippen LogP contribution in [0.5, 0.6) is 0 Å². The van der Waals surface area contributed by atoms with Gasteiger partial charge in [-0.15, -0.1) is 0 Å². The number of furan rings is 3. The van der Waals surface area contributed by atoms with E-state index in [1.807, 2.05) is 224 Å². The largest absolute Gasteiger partial charge is 0.455 e. The molecule has 147 heavy (non-hydrogen) atoms. The van der Waals surface area contributed by atoms with E-state index in [1.54, 1.807) is 66.7 Å². The van der Waals surface area contributed by atoms with Crippen LogP contribution in [0.1, 0.15) is 46.6 Å². The van der Waals surface area contributed by atoms with E-state index in [0.29, 0.717) is 83.0 Å². The van der Waals surface area contributed by atoms with Crippen LogP contribution in [-0.2, 0) is 0 Å². The first kappa shape index (κ1) is 58.2. The van der Waals surface area contributed by atoms with Crippen LogP contribution in [0, 0.1) is 0 Å². The third-order valence-corrected chi connectivity index (χ3v) is 27.3. The van der Waals surface area contributed by atoms with Crippen molar-refractivity contribution >= 4 is 130 Å². The molecule has 0 unspecified atom stereocenters. The monoisotopic (exact) mass is 1900 g/mol. The van der Waals surface area contributed by atoms with Gasteiger partial charge in [0.1, 0.15) is 33.5 Å². The van der Waals surface area contributed by atoms with E-state index in [4.69, 9.17) is 43.4 Å². The second-order valence-corrected chi connectivity index (χ2v) is 35.5. The summed E-state index contributed by atoms with van der Waals surface area (Å²) in [6, 6.07) is 93.5. The zero-order valence-electron chi connectivity index (χ0n) is 112. The van der Waals surface area contributed by atoms with E-state index < -0.39 is 192 Å². The van der Waals surface area contributed by atoms with Gasteiger partial charge >= 0.3 is 0 Å². The van der Waals surface area contributed by atoms with Crippen molar-refractivity contribution in [3.8, 4) is 156 Å². The second-order valence-electron chi connectivity index (χ2n) is 35.5. The minimum Gasteiger partial charge on any atom is -0.455 e. The van der Waals surface area contributed by atoms with Crippen molar-refractivity contribution in [2.45, 2.75) is 0 Å². The van der Waals surface area contributed by atoms with Gasteiger partial charge in [-0.25, -0.2) is 0 Å². The normalized spacial score (nSPS) is 14.8. The molecule has 3 nitrogen and oxygen atoms in total. The van der Waals surface area contributed by atoms with Gasteiger partial charge in [-0.05, 0) is 264 Å². The van der Waals surface area contributed by atoms with Gasteiger partial charge in [-0.1, -0.05) is 497 Å². The van der Waals surface area contributed by atoms with Crippen molar-refractivity contribution in [3.63, 3.8) is 0 Å². The van der Waals surface area contributed by atoms with Crippen LogP contribution in [0.2, 0.25) is 0 Å². The molecule has 0 aliphatic rings. The van der Waals surface area contributed by atoms with Crippen LogP contribution >= 0.6 is 0 Å². The SMILES string of the molecule is [2H]c1c([2H])c([2H])c(-c2c3c([2H])c([2H])c([2H])c([2H])c3c(-c3ccc4oc5c(-c6ccccc6)c(-c6ccc(-c7ccccc7)cc6)ccc5c4c3)c3c([2H])c([2H])c([2H])c([2H])c23)c([2H])c1[2H].[2H]c1c([2H])c([2H])c(-c2c3c([2H])c([2H])c([2H])c([2H])c3c(-c3ccc4oc5c(-c6ccccc6)ccc(-c6ccc(-c7ccccc7)cc6)c5c4c3)c3c([2H])c([2H])c([2H])c([2H])c23)c([2H])c1[2H].[2H]c1c([2H])c([2H])c2c(-c3ccc4oc5c(-c6ccccc6)cc(-c6ccccc6)cc5c4c3)c3c([2H])c([2H])c([2H])c([2H])c3c(-c3ccccc3)c2c1[2H]. The van der Waals surface area contributed by atoms with Gasteiger partial charge in [0, 0.05) is 49.0 Å². The van der Waals surface area contributed by atoms with Gasteiger partial charge in [0.15, 0.2) is 0 Å². The van der Waals surface area contributed by atoms with Gasteiger partial charge in [0.05, 0.1) is 46.6 Å². The Balaban J connectivity index is 0.000000127. The average molecular weight is 1900 g/mol. The molecule has 0 radical (unpaired) electrons. The third kappa shape index (κ3) is 15.6. The highest BCUT2D eigenvalue weighted by atomic mass is 16.3. The zero-order valence-corrected chi connectivity index (χ0v) is 77.7. The highest BCUT2D eigenvalue weighted by Gasteiger charge is 2.27. The molecule has 29 aromatic rings. The molecular formula is C144H92O3. The summed E-state index contributed by atoms with van der Waals surface area (Å²) in [6.07, 6.45) is 0. The molecule has 0 fully saturated rings. The summed E-state index contributed by atoms with van der Waals surface area (Å²) in [5, 5.41) is 3.34. The van der Waals surface area contributed by atoms with Gasteiger partial charge in [0.25, 0.3) is 0 Å². The molecule has 3 heteroatoms. The van der Waals surface area contributed by atoms with Gasteiger partial charge in [-0.3, -0.25) is 0 Å².